The Labute approximate surface area is 257 Å². The fourth-order valence-corrected chi connectivity index (χ4v) is 10.6. The lowest BCUT2D eigenvalue weighted by molar-refractivity contribution is -0.0607. The molecule has 5 nitrogen and oxygen atoms in total. The van der Waals surface area contributed by atoms with Gasteiger partial charge in [-0.1, -0.05) is 142 Å². The van der Waals surface area contributed by atoms with Gasteiger partial charge in [0.2, 0.25) is 0 Å². The highest BCUT2D eigenvalue weighted by Gasteiger charge is 2.55. The molecule has 4 atom stereocenters. The standard InChI is InChI=1S/C37H44O5Si/c1-37(2,3)43(31-21-13-7-14-22-31,32-23-15-8-16-24-32)42-34(28-40-26-30-19-11-6-12-20-30)35(38-4)36-33(41-36)27-39-25-29-17-9-5-10-18-29/h5-24,33-36H,25-28H2,1-4H3/t33-,34+,35+,36+/m0/s1. The first-order valence-corrected chi connectivity index (χ1v) is 17.0. The summed E-state index contributed by atoms with van der Waals surface area (Å²) in [5.41, 5.74) is 2.26. The predicted molar refractivity (Wildman–Crippen MR) is 174 cm³/mol. The molecule has 0 saturated carbocycles. The van der Waals surface area contributed by atoms with Crippen LogP contribution in [0.4, 0.5) is 0 Å². The molecular weight excluding hydrogens is 552 g/mol. The minimum Gasteiger partial charge on any atom is -0.399 e. The minimum atomic E-state index is -2.88. The van der Waals surface area contributed by atoms with Gasteiger partial charge in [-0.15, -0.1) is 0 Å². The van der Waals surface area contributed by atoms with Crippen molar-refractivity contribution in [2.24, 2.45) is 0 Å². The summed E-state index contributed by atoms with van der Waals surface area (Å²) in [6.45, 7) is 8.77. The van der Waals surface area contributed by atoms with Gasteiger partial charge in [0.05, 0.1) is 32.5 Å². The molecule has 226 valence electrons. The molecule has 0 radical (unpaired) electrons. The van der Waals surface area contributed by atoms with E-state index in [0.29, 0.717) is 26.4 Å². The Morgan fingerprint density at radius 3 is 1.60 bits per heavy atom. The van der Waals surface area contributed by atoms with Crippen LogP contribution in [0.2, 0.25) is 5.04 Å². The molecule has 5 rings (SSSR count). The van der Waals surface area contributed by atoms with Crippen molar-refractivity contribution in [2.45, 2.75) is 63.4 Å². The second-order valence-corrected chi connectivity index (χ2v) is 16.4. The number of hydrogen-bond acceptors (Lipinski definition) is 5. The first-order chi connectivity index (χ1) is 20.9. The van der Waals surface area contributed by atoms with Crippen LogP contribution in [0.15, 0.2) is 121 Å². The maximum Gasteiger partial charge on any atom is 0.261 e. The van der Waals surface area contributed by atoms with Gasteiger partial charge in [-0.25, -0.2) is 0 Å². The van der Waals surface area contributed by atoms with E-state index in [9.17, 15) is 0 Å². The summed E-state index contributed by atoms with van der Waals surface area (Å²) in [4.78, 5) is 0. The van der Waals surface area contributed by atoms with Crippen LogP contribution in [0, 0.1) is 0 Å². The van der Waals surface area contributed by atoms with Gasteiger partial charge < -0.3 is 23.4 Å². The van der Waals surface area contributed by atoms with Crippen LogP contribution in [0.1, 0.15) is 31.9 Å². The SMILES string of the molecule is CO[C@@H]([C@@H]1O[C@H]1COCc1ccccc1)[C@@H](COCc1ccccc1)O[Si](c1ccccc1)(c1ccccc1)C(C)(C)C. The van der Waals surface area contributed by atoms with Gasteiger partial charge in [-0.2, -0.15) is 0 Å². The number of rotatable bonds is 15. The van der Waals surface area contributed by atoms with Gasteiger partial charge in [0.15, 0.2) is 0 Å². The Morgan fingerprint density at radius 2 is 1.14 bits per heavy atom. The number of methoxy groups -OCH3 is 1. The molecule has 1 aliphatic heterocycles. The third kappa shape index (κ3) is 7.71. The zero-order valence-corrected chi connectivity index (χ0v) is 26.7. The van der Waals surface area contributed by atoms with Gasteiger partial charge in [0.25, 0.3) is 8.32 Å². The molecule has 0 unspecified atom stereocenters. The maximum absolute atomic E-state index is 7.56. The third-order valence-corrected chi connectivity index (χ3v) is 13.2. The second kappa shape index (κ2) is 14.6. The molecular formula is C37H44O5Si. The summed E-state index contributed by atoms with van der Waals surface area (Å²) in [5, 5.41) is 2.25. The number of ether oxygens (including phenoxy) is 4. The molecule has 4 aromatic carbocycles. The Bertz CT molecular complexity index is 1320. The van der Waals surface area contributed by atoms with Crippen molar-refractivity contribution in [1.29, 1.82) is 0 Å². The highest BCUT2D eigenvalue weighted by molar-refractivity contribution is 6.99. The first kappa shape index (κ1) is 31.3. The summed E-state index contributed by atoms with van der Waals surface area (Å²) in [6.07, 6.45) is -0.913. The summed E-state index contributed by atoms with van der Waals surface area (Å²) >= 11 is 0. The van der Waals surface area contributed by atoms with Crippen molar-refractivity contribution in [3.05, 3.63) is 132 Å². The molecule has 0 spiro atoms. The number of epoxide rings is 1. The Balaban J connectivity index is 1.42. The Morgan fingerprint density at radius 1 is 0.674 bits per heavy atom. The van der Waals surface area contributed by atoms with E-state index in [-0.39, 0.29) is 29.5 Å². The van der Waals surface area contributed by atoms with Gasteiger partial charge >= 0.3 is 0 Å². The summed E-state index contributed by atoms with van der Waals surface area (Å²) in [7, 11) is -1.13. The van der Waals surface area contributed by atoms with Gasteiger partial charge in [0.1, 0.15) is 18.3 Å². The monoisotopic (exact) mass is 596 g/mol. The average Bonchev–Trinajstić information content (AvgIpc) is 3.80. The fourth-order valence-electron chi connectivity index (χ4n) is 5.93. The van der Waals surface area contributed by atoms with Crippen LogP contribution >= 0.6 is 0 Å². The van der Waals surface area contributed by atoms with Crippen molar-refractivity contribution in [3.63, 3.8) is 0 Å². The molecule has 6 heteroatoms. The van der Waals surface area contributed by atoms with E-state index in [4.69, 9.17) is 23.4 Å². The van der Waals surface area contributed by atoms with Gasteiger partial charge in [-0.05, 0) is 26.5 Å². The van der Waals surface area contributed by atoms with Crippen LogP contribution in [-0.4, -0.2) is 53.1 Å². The molecule has 1 heterocycles. The van der Waals surface area contributed by atoms with Crippen LogP contribution < -0.4 is 10.4 Å². The van der Waals surface area contributed by atoms with Gasteiger partial charge in [-0.3, -0.25) is 0 Å². The van der Waals surface area contributed by atoms with E-state index in [1.807, 2.05) is 36.4 Å². The molecule has 0 aromatic heterocycles. The molecule has 0 amide bonds. The lowest BCUT2D eigenvalue weighted by atomic mass is 10.1. The molecule has 43 heavy (non-hydrogen) atoms. The molecule has 1 fully saturated rings. The quantitative estimate of drug-likeness (QED) is 0.122. The molecule has 4 aromatic rings. The van der Waals surface area contributed by atoms with Crippen LogP contribution in [0.25, 0.3) is 0 Å². The topological polar surface area (TPSA) is 49.5 Å². The molecule has 0 N–H and O–H groups in total. The highest BCUT2D eigenvalue weighted by Crippen LogP contribution is 2.39. The van der Waals surface area contributed by atoms with Crippen LogP contribution in [-0.2, 0) is 36.6 Å². The van der Waals surface area contributed by atoms with Gasteiger partial charge in [0, 0.05) is 7.11 Å². The largest absolute Gasteiger partial charge is 0.399 e. The van der Waals surface area contributed by atoms with E-state index in [1.54, 1.807) is 7.11 Å². The van der Waals surface area contributed by atoms with E-state index < -0.39 is 8.32 Å². The third-order valence-electron chi connectivity index (χ3n) is 8.12. The van der Waals surface area contributed by atoms with Crippen molar-refractivity contribution in [3.8, 4) is 0 Å². The Hall–Kier alpha value is -3.10. The van der Waals surface area contributed by atoms with E-state index in [1.165, 1.54) is 10.4 Å². The summed E-state index contributed by atoms with van der Waals surface area (Å²) < 4.78 is 32.4. The maximum atomic E-state index is 7.56. The van der Waals surface area contributed by atoms with E-state index in [0.717, 1.165) is 11.1 Å². The van der Waals surface area contributed by atoms with Crippen LogP contribution in [0.3, 0.4) is 0 Å². The molecule has 1 aliphatic rings. The number of hydrogen-bond donors (Lipinski definition) is 0. The van der Waals surface area contributed by atoms with E-state index >= 15 is 0 Å². The van der Waals surface area contributed by atoms with Crippen molar-refractivity contribution in [2.75, 3.05) is 20.3 Å². The van der Waals surface area contributed by atoms with Crippen LogP contribution in [0.5, 0.6) is 0 Å². The predicted octanol–water partition coefficient (Wildman–Crippen LogP) is 6.15. The smallest absolute Gasteiger partial charge is 0.261 e. The van der Waals surface area contributed by atoms with Crippen molar-refractivity contribution >= 4 is 18.7 Å². The molecule has 1 saturated heterocycles. The summed E-state index contributed by atoms with van der Waals surface area (Å²) in [6, 6.07) is 41.8. The fraction of sp³-hybridized carbons (Fsp3) is 0.351. The Kier molecular flexibility index (Phi) is 10.6. The van der Waals surface area contributed by atoms with Crippen molar-refractivity contribution < 1.29 is 23.4 Å². The normalized spacial score (nSPS) is 18.2. The lowest BCUT2D eigenvalue weighted by Crippen LogP contribution is -2.69. The second-order valence-electron chi connectivity index (χ2n) is 12.2. The molecule has 0 bridgehead atoms. The minimum absolute atomic E-state index is 0.0620. The first-order valence-electron chi connectivity index (χ1n) is 15.1. The zero-order chi connectivity index (χ0) is 30.1. The molecule has 0 aliphatic carbocycles. The average molecular weight is 597 g/mol. The highest BCUT2D eigenvalue weighted by atomic mass is 28.4. The van der Waals surface area contributed by atoms with E-state index in [2.05, 4.69) is 106 Å². The zero-order valence-electron chi connectivity index (χ0n) is 25.7. The number of benzene rings is 4. The lowest BCUT2D eigenvalue weighted by Gasteiger charge is -2.46. The van der Waals surface area contributed by atoms with Crippen molar-refractivity contribution in [1.82, 2.24) is 0 Å². The summed E-state index contributed by atoms with van der Waals surface area (Å²) in [5.74, 6) is 0.